The first-order valence-corrected chi connectivity index (χ1v) is 7.65. The molecule has 0 saturated heterocycles. The minimum absolute atomic E-state index is 0.218. The highest BCUT2D eigenvalue weighted by molar-refractivity contribution is 6.30. The number of amides is 1. The largest absolute Gasteiger partial charge is 0.271 e. The zero-order chi connectivity index (χ0) is 15.0. The van der Waals surface area contributed by atoms with Crippen molar-refractivity contribution in [1.29, 1.82) is 0 Å². The second-order valence-corrected chi connectivity index (χ2v) is 6.89. The van der Waals surface area contributed by atoms with E-state index in [4.69, 9.17) is 11.6 Å². The molecule has 0 radical (unpaired) electrons. The predicted molar refractivity (Wildman–Crippen MR) is 85.5 cm³/mol. The lowest BCUT2D eigenvalue weighted by Crippen LogP contribution is -2.48. The van der Waals surface area contributed by atoms with E-state index in [1.807, 2.05) is 0 Å². The van der Waals surface area contributed by atoms with Crippen molar-refractivity contribution in [3.63, 3.8) is 0 Å². The molecule has 21 heavy (non-hydrogen) atoms. The Labute approximate surface area is 130 Å². The van der Waals surface area contributed by atoms with Gasteiger partial charge in [-0.1, -0.05) is 31.5 Å². The van der Waals surface area contributed by atoms with Gasteiger partial charge in [0.1, 0.15) is 0 Å². The lowest BCUT2D eigenvalue weighted by atomic mass is 9.49. The van der Waals surface area contributed by atoms with Crippen molar-refractivity contribution in [3.8, 4) is 0 Å². The SMILES string of the molecule is CC1(C)[C@@H]2CC=C(/C=N\NC(=O)c3ccc(Cl)cc3)[C@H]1C2. The molecule has 4 heteroatoms. The van der Waals surface area contributed by atoms with Crippen LogP contribution in [-0.4, -0.2) is 12.1 Å². The number of nitrogens with one attached hydrogen (secondary N) is 1. The van der Waals surface area contributed by atoms with Gasteiger partial charge in [0.25, 0.3) is 5.91 Å². The fourth-order valence-electron chi connectivity index (χ4n) is 3.38. The molecule has 1 aromatic carbocycles. The third kappa shape index (κ3) is 2.62. The fourth-order valence-corrected chi connectivity index (χ4v) is 3.50. The van der Waals surface area contributed by atoms with Crippen molar-refractivity contribution >= 4 is 23.7 Å². The Morgan fingerprint density at radius 1 is 1.38 bits per heavy atom. The first-order chi connectivity index (χ1) is 9.98. The molecule has 1 amide bonds. The van der Waals surface area contributed by atoms with E-state index >= 15 is 0 Å². The van der Waals surface area contributed by atoms with Gasteiger partial charge in [-0.3, -0.25) is 4.79 Å². The number of carbonyl (C=O) groups is 1. The Bertz CT molecular complexity index is 616. The minimum Gasteiger partial charge on any atom is -0.267 e. The second-order valence-electron chi connectivity index (χ2n) is 6.45. The summed E-state index contributed by atoms with van der Waals surface area (Å²) in [5, 5.41) is 4.72. The van der Waals surface area contributed by atoms with Crippen LogP contribution in [0, 0.1) is 17.3 Å². The molecule has 1 saturated carbocycles. The number of allylic oxidation sites excluding steroid dienone is 2. The van der Waals surface area contributed by atoms with Gasteiger partial charge in [-0.2, -0.15) is 5.10 Å². The number of hydrogen-bond donors (Lipinski definition) is 1. The maximum Gasteiger partial charge on any atom is 0.271 e. The van der Waals surface area contributed by atoms with Crippen LogP contribution in [0.1, 0.15) is 37.0 Å². The van der Waals surface area contributed by atoms with E-state index in [0.717, 1.165) is 12.3 Å². The summed E-state index contributed by atoms with van der Waals surface area (Å²) in [4.78, 5) is 11.9. The van der Waals surface area contributed by atoms with Crippen LogP contribution in [0.2, 0.25) is 5.02 Å². The van der Waals surface area contributed by atoms with Gasteiger partial charge in [0.15, 0.2) is 0 Å². The fraction of sp³-hybridized carbons (Fsp3) is 0.412. The third-order valence-electron chi connectivity index (χ3n) is 5.00. The van der Waals surface area contributed by atoms with Crippen LogP contribution in [-0.2, 0) is 0 Å². The number of carbonyl (C=O) groups excluding carboxylic acids is 1. The van der Waals surface area contributed by atoms with E-state index in [1.54, 1.807) is 30.5 Å². The number of fused-ring (bicyclic) bond motifs is 1. The number of hydrogen-bond acceptors (Lipinski definition) is 2. The normalized spacial score (nSPS) is 26.1. The summed E-state index contributed by atoms with van der Waals surface area (Å²) in [5.74, 6) is 1.17. The van der Waals surface area contributed by atoms with Crippen LogP contribution in [0.4, 0.5) is 0 Å². The highest BCUT2D eigenvalue weighted by Gasteiger charge is 2.50. The van der Waals surface area contributed by atoms with Crippen molar-refractivity contribution in [1.82, 2.24) is 5.43 Å². The van der Waals surface area contributed by atoms with Gasteiger partial charge in [0, 0.05) is 10.6 Å². The van der Waals surface area contributed by atoms with Crippen LogP contribution in [0.15, 0.2) is 41.0 Å². The highest BCUT2D eigenvalue weighted by Crippen LogP contribution is 2.58. The van der Waals surface area contributed by atoms with Crippen LogP contribution in [0.5, 0.6) is 0 Å². The van der Waals surface area contributed by atoms with Crippen LogP contribution in [0.25, 0.3) is 0 Å². The van der Waals surface area contributed by atoms with E-state index in [9.17, 15) is 4.79 Å². The summed E-state index contributed by atoms with van der Waals surface area (Å²) in [6.45, 7) is 4.64. The molecule has 3 nitrogen and oxygen atoms in total. The number of benzene rings is 1. The molecule has 3 aliphatic carbocycles. The summed E-state index contributed by atoms with van der Waals surface area (Å²) < 4.78 is 0. The van der Waals surface area contributed by atoms with Crippen LogP contribution in [0.3, 0.4) is 0 Å². The van der Waals surface area contributed by atoms with Gasteiger partial charge in [0.05, 0.1) is 6.21 Å². The van der Waals surface area contributed by atoms with Gasteiger partial charge in [0.2, 0.25) is 0 Å². The van der Waals surface area contributed by atoms with Crippen molar-refractivity contribution in [2.24, 2.45) is 22.4 Å². The standard InChI is InChI=1S/C17H19ClN2O/c1-17(2)13-6-3-12(15(17)9-13)10-19-20-16(21)11-4-7-14(18)8-5-11/h3-5,7-8,10,13,15H,6,9H2,1-2H3,(H,20,21)/b19-10-/t13-,15-/m1/s1. The quantitative estimate of drug-likeness (QED) is 0.664. The first kappa shape index (κ1) is 14.3. The number of nitrogens with zero attached hydrogens (tertiary/aromatic N) is 1. The Hall–Kier alpha value is -1.61. The van der Waals surface area contributed by atoms with E-state index in [1.165, 1.54) is 12.0 Å². The summed E-state index contributed by atoms with van der Waals surface area (Å²) in [6.07, 6.45) is 6.42. The maximum absolute atomic E-state index is 11.9. The average Bonchev–Trinajstić information content (AvgIpc) is 2.47. The molecule has 2 atom stereocenters. The van der Waals surface area contributed by atoms with Crippen LogP contribution >= 0.6 is 11.6 Å². The molecule has 110 valence electrons. The first-order valence-electron chi connectivity index (χ1n) is 7.27. The average molecular weight is 303 g/mol. The van der Waals surface area contributed by atoms with Gasteiger partial charge in [-0.25, -0.2) is 5.43 Å². The molecule has 0 spiro atoms. The van der Waals surface area contributed by atoms with Gasteiger partial charge >= 0.3 is 0 Å². The molecular formula is C17H19ClN2O. The lowest BCUT2D eigenvalue weighted by Gasteiger charge is -2.55. The number of hydrazone groups is 1. The Morgan fingerprint density at radius 3 is 2.71 bits per heavy atom. The smallest absolute Gasteiger partial charge is 0.267 e. The Balaban J connectivity index is 1.61. The summed E-state index contributed by atoms with van der Waals surface area (Å²) in [7, 11) is 0. The third-order valence-corrected chi connectivity index (χ3v) is 5.25. The molecule has 1 fully saturated rings. The highest BCUT2D eigenvalue weighted by atomic mass is 35.5. The Kier molecular flexibility index (Phi) is 3.62. The molecule has 0 aromatic heterocycles. The van der Waals surface area contributed by atoms with E-state index in [-0.39, 0.29) is 5.91 Å². The molecule has 0 unspecified atom stereocenters. The molecule has 1 N–H and O–H groups in total. The zero-order valence-electron chi connectivity index (χ0n) is 12.3. The predicted octanol–water partition coefficient (Wildman–Crippen LogP) is 4.05. The van der Waals surface area contributed by atoms with E-state index in [2.05, 4.69) is 30.5 Å². The molecule has 2 bridgehead atoms. The summed E-state index contributed by atoms with van der Waals surface area (Å²) in [5.41, 5.74) is 4.75. The lowest BCUT2D eigenvalue weighted by molar-refractivity contribution is -0.00126. The number of rotatable bonds is 3. The van der Waals surface area contributed by atoms with E-state index < -0.39 is 0 Å². The van der Waals surface area contributed by atoms with Gasteiger partial charge in [-0.15, -0.1) is 0 Å². The molecule has 4 rings (SSSR count). The van der Waals surface area contributed by atoms with Crippen molar-refractivity contribution in [2.45, 2.75) is 26.7 Å². The minimum atomic E-state index is -0.218. The molecular weight excluding hydrogens is 284 g/mol. The molecule has 1 aromatic rings. The van der Waals surface area contributed by atoms with Crippen molar-refractivity contribution in [3.05, 3.63) is 46.5 Å². The molecule has 0 heterocycles. The summed E-state index contributed by atoms with van der Waals surface area (Å²) in [6, 6.07) is 6.77. The zero-order valence-corrected chi connectivity index (χ0v) is 13.0. The van der Waals surface area contributed by atoms with E-state index in [0.29, 0.717) is 21.9 Å². The van der Waals surface area contributed by atoms with Crippen LogP contribution < -0.4 is 5.43 Å². The monoisotopic (exact) mass is 302 g/mol. The second kappa shape index (κ2) is 5.30. The van der Waals surface area contributed by atoms with Crippen molar-refractivity contribution in [2.75, 3.05) is 0 Å². The molecule has 3 aliphatic rings. The molecule has 0 aliphatic heterocycles. The topological polar surface area (TPSA) is 41.5 Å². The van der Waals surface area contributed by atoms with Gasteiger partial charge in [-0.05, 0) is 59.9 Å². The summed E-state index contributed by atoms with van der Waals surface area (Å²) >= 11 is 5.80. The van der Waals surface area contributed by atoms with Gasteiger partial charge < -0.3 is 0 Å². The maximum atomic E-state index is 11.9. The Morgan fingerprint density at radius 2 is 2.10 bits per heavy atom. The van der Waals surface area contributed by atoms with Crippen molar-refractivity contribution < 1.29 is 4.79 Å². The number of halogens is 1.